The predicted molar refractivity (Wildman–Crippen MR) is 58.4 cm³/mol. The van der Waals surface area contributed by atoms with Gasteiger partial charge in [-0.2, -0.15) is 0 Å². The van der Waals surface area contributed by atoms with E-state index in [1.807, 2.05) is 6.92 Å². The highest BCUT2D eigenvalue weighted by Gasteiger charge is 2.44. The third kappa shape index (κ3) is 2.25. The summed E-state index contributed by atoms with van der Waals surface area (Å²) >= 11 is 0. The molecule has 18 heavy (non-hydrogen) atoms. The third-order valence-corrected chi connectivity index (χ3v) is 3.05. The zero-order valence-corrected chi connectivity index (χ0v) is 9.92. The number of hydrogen-bond donors (Lipinski definition) is 4. The summed E-state index contributed by atoms with van der Waals surface area (Å²) in [5, 5.41) is 45.8. The third-order valence-electron chi connectivity index (χ3n) is 3.05. The van der Waals surface area contributed by atoms with Crippen LogP contribution in [0.15, 0.2) is 6.20 Å². The molecule has 0 bridgehead atoms. The van der Waals surface area contributed by atoms with Gasteiger partial charge < -0.3 is 25.2 Å². The van der Waals surface area contributed by atoms with Gasteiger partial charge in [-0.05, 0) is 6.42 Å². The van der Waals surface area contributed by atoms with Crippen molar-refractivity contribution in [1.82, 2.24) is 15.0 Å². The van der Waals surface area contributed by atoms with Crippen LogP contribution in [0.25, 0.3) is 0 Å². The predicted octanol–water partition coefficient (Wildman–Crippen LogP) is -2.19. The summed E-state index contributed by atoms with van der Waals surface area (Å²) in [6.07, 6.45) is -3.76. The average Bonchev–Trinajstić information content (AvgIpc) is 2.85. The van der Waals surface area contributed by atoms with Gasteiger partial charge in [0.05, 0.1) is 18.5 Å². The van der Waals surface area contributed by atoms with Crippen molar-refractivity contribution in [1.29, 1.82) is 0 Å². The molecule has 3 unspecified atom stereocenters. The van der Waals surface area contributed by atoms with E-state index in [1.54, 1.807) is 6.20 Å². The van der Waals surface area contributed by atoms with E-state index in [2.05, 4.69) is 10.3 Å². The number of aliphatic hydroxyl groups excluding tert-OH is 4. The van der Waals surface area contributed by atoms with Gasteiger partial charge in [-0.15, -0.1) is 5.10 Å². The van der Waals surface area contributed by atoms with Gasteiger partial charge in [-0.25, -0.2) is 4.68 Å². The van der Waals surface area contributed by atoms with Crippen molar-refractivity contribution in [2.45, 2.75) is 44.0 Å². The number of nitrogens with zero attached hydrogens (tertiary/aromatic N) is 3. The lowest BCUT2D eigenvalue weighted by Gasteiger charge is -2.39. The molecular formula is C10H17N3O5. The number of aliphatic hydroxyl groups is 4. The van der Waals surface area contributed by atoms with Crippen LogP contribution in [0.5, 0.6) is 0 Å². The second kappa shape index (κ2) is 5.29. The Bertz CT molecular complexity index is 397. The number of ether oxygens (including phenoxy) is 1. The molecule has 5 atom stereocenters. The largest absolute Gasteiger partial charge is 0.394 e. The summed E-state index contributed by atoms with van der Waals surface area (Å²) in [5.74, 6) is 0. The quantitative estimate of drug-likeness (QED) is 0.486. The van der Waals surface area contributed by atoms with E-state index in [1.165, 1.54) is 4.68 Å². The summed E-state index contributed by atoms with van der Waals surface area (Å²) < 4.78 is 6.60. The van der Waals surface area contributed by atoms with Gasteiger partial charge >= 0.3 is 0 Å². The van der Waals surface area contributed by atoms with E-state index >= 15 is 0 Å². The molecule has 0 saturated carbocycles. The number of aromatic nitrogens is 3. The normalized spacial score (nSPS) is 36.8. The molecule has 2 rings (SSSR count). The molecular weight excluding hydrogens is 242 g/mol. The molecule has 8 heteroatoms. The summed E-state index contributed by atoms with van der Waals surface area (Å²) in [6, 6.07) is 0. The molecule has 0 aliphatic carbocycles. The monoisotopic (exact) mass is 259 g/mol. The first-order valence-corrected chi connectivity index (χ1v) is 5.79. The molecule has 1 aliphatic rings. The van der Waals surface area contributed by atoms with Gasteiger partial charge in [0, 0.05) is 0 Å². The van der Waals surface area contributed by atoms with E-state index in [9.17, 15) is 15.3 Å². The van der Waals surface area contributed by atoms with Gasteiger partial charge in [0.1, 0.15) is 24.4 Å². The van der Waals surface area contributed by atoms with Crippen LogP contribution in [0.1, 0.15) is 18.8 Å². The zero-order valence-electron chi connectivity index (χ0n) is 9.92. The lowest BCUT2D eigenvalue weighted by Crippen LogP contribution is -2.56. The second-order valence-electron chi connectivity index (χ2n) is 4.26. The molecule has 2 heterocycles. The van der Waals surface area contributed by atoms with Crippen LogP contribution in [0.4, 0.5) is 0 Å². The molecule has 4 N–H and O–H groups in total. The smallest absolute Gasteiger partial charge is 0.180 e. The highest BCUT2D eigenvalue weighted by Crippen LogP contribution is 2.27. The fourth-order valence-corrected chi connectivity index (χ4v) is 1.90. The van der Waals surface area contributed by atoms with Crippen molar-refractivity contribution in [3.05, 3.63) is 11.9 Å². The minimum absolute atomic E-state index is 0.462. The van der Waals surface area contributed by atoms with Crippen LogP contribution in [-0.2, 0) is 11.2 Å². The number of aryl methyl sites for hydroxylation is 1. The van der Waals surface area contributed by atoms with E-state index in [-0.39, 0.29) is 0 Å². The maximum absolute atomic E-state index is 9.85. The number of rotatable bonds is 3. The Morgan fingerprint density at radius 2 is 2.00 bits per heavy atom. The number of hydrogen-bond acceptors (Lipinski definition) is 7. The molecule has 0 radical (unpaired) electrons. The molecule has 102 valence electrons. The Balaban J connectivity index is 2.21. The highest BCUT2D eigenvalue weighted by molar-refractivity contribution is 4.95. The van der Waals surface area contributed by atoms with E-state index in [4.69, 9.17) is 9.84 Å². The van der Waals surface area contributed by atoms with Gasteiger partial charge in [-0.3, -0.25) is 0 Å². The van der Waals surface area contributed by atoms with Crippen LogP contribution in [-0.4, -0.2) is 66.4 Å². The van der Waals surface area contributed by atoms with Crippen LogP contribution in [0, 0.1) is 0 Å². The average molecular weight is 259 g/mol. The fraction of sp³-hybridized carbons (Fsp3) is 0.800. The minimum atomic E-state index is -1.41. The molecule has 8 nitrogen and oxygen atoms in total. The van der Waals surface area contributed by atoms with E-state index in [0.29, 0.717) is 12.1 Å². The zero-order chi connectivity index (χ0) is 13.3. The Labute approximate surface area is 103 Å². The lowest BCUT2D eigenvalue weighted by atomic mass is 9.98. The fourth-order valence-electron chi connectivity index (χ4n) is 1.90. The van der Waals surface area contributed by atoms with Crippen LogP contribution in [0.2, 0.25) is 0 Å². The second-order valence-corrected chi connectivity index (χ2v) is 4.26. The first-order valence-electron chi connectivity index (χ1n) is 5.79. The Kier molecular flexibility index (Phi) is 3.93. The highest BCUT2D eigenvalue weighted by atomic mass is 16.6. The van der Waals surface area contributed by atoms with Gasteiger partial charge in [0.15, 0.2) is 6.23 Å². The summed E-state index contributed by atoms with van der Waals surface area (Å²) in [6.45, 7) is 1.44. The molecule has 1 saturated heterocycles. The molecule has 1 aromatic heterocycles. The van der Waals surface area contributed by atoms with Crippen molar-refractivity contribution in [3.63, 3.8) is 0 Å². The SMILES string of the molecule is CCc1cn([C@@H]2OC(CO)[C@@H](O)C(O)C2O)nn1. The van der Waals surface area contributed by atoms with Crippen molar-refractivity contribution in [2.75, 3.05) is 6.61 Å². The molecule has 0 aromatic carbocycles. The van der Waals surface area contributed by atoms with Gasteiger partial charge in [-0.1, -0.05) is 12.1 Å². The molecule has 1 aliphatic heterocycles. The first-order chi connectivity index (χ1) is 8.58. The van der Waals surface area contributed by atoms with Gasteiger partial charge in [0.2, 0.25) is 0 Å². The maximum Gasteiger partial charge on any atom is 0.180 e. The minimum Gasteiger partial charge on any atom is -0.394 e. The molecule has 1 fully saturated rings. The first kappa shape index (κ1) is 13.4. The van der Waals surface area contributed by atoms with Gasteiger partial charge in [0.25, 0.3) is 0 Å². The van der Waals surface area contributed by atoms with Crippen molar-refractivity contribution in [3.8, 4) is 0 Å². The van der Waals surface area contributed by atoms with E-state index in [0.717, 1.165) is 0 Å². The Morgan fingerprint density at radius 1 is 1.28 bits per heavy atom. The van der Waals surface area contributed by atoms with Crippen molar-refractivity contribution >= 4 is 0 Å². The molecule has 1 aromatic rings. The standard InChI is InChI=1S/C10H17N3O5/c1-2-5-3-13(12-11-5)10-9(17)8(16)7(15)6(4-14)18-10/h3,6-10,14-17H,2,4H2,1H3/t6?,7-,8?,9?,10-/m1/s1. The lowest BCUT2D eigenvalue weighted by molar-refractivity contribution is -0.254. The Hall–Kier alpha value is -1.06. The Morgan fingerprint density at radius 3 is 2.56 bits per heavy atom. The summed E-state index contributed by atoms with van der Waals surface area (Å²) in [4.78, 5) is 0. The van der Waals surface area contributed by atoms with E-state index < -0.39 is 37.3 Å². The topological polar surface area (TPSA) is 121 Å². The summed E-state index contributed by atoms with van der Waals surface area (Å²) in [5.41, 5.74) is 0.715. The maximum atomic E-state index is 9.85. The van der Waals surface area contributed by atoms with Crippen molar-refractivity contribution < 1.29 is 25.2 Å². The molecule has 0 spiro atoms. The summed E-state index contributed by atoms with van der Waals surface area (Å²) in [7, 11) is 0. The van der Waals surface area contributed by atoms with Crippen molar-refractivity contribution in [2.24, 2.45) is 0 Å². The van der Waals surface area contributed by atoms with Crippen LogP contribution in [0.3, 0.4) is 0 Å². The van der Waals surface area contributed by atoms with Crippen LogP contribution >= 0.6 is 0 Å². The van der Waals surface area contributed by atoms with Crippen LogP contribution < -0.4 is 0 Å². The molecule has 0 amide bonds.